The van der Waals surface area contributed by atoms with Gasteiger partial charge in [0, 0.05) is 32.1 Å². The number of aromatic nitrogens is 5. The van der Waals surface area contributed by atoms with Gasteiger partial charge in [0.2, 0.25) is 0 Å². The lowest BCUT2D eigenvalue weighted by Gasteiger charge is -2.20. The largest absolute Gasteiger partial charge is 0.342 e. The van der Waals surface area contributed by atoms with Gasteiger partial charge in [-0.1, -0.05) is 13.0 Å². The number of hydrogen-bond acceptors (Lipinski definition) is 4. The van der Waals surface area contributed by atoms with E-state index < -0.39 is 0 Å². The lowest BCUT2D eigenvalue weighted by molar-refractivity contribution is 0.0767. The highest BCUT2D eigenvalue weighted by Crippen LogP contribution is 2.16. The molecule has 0 atom stereocenters. The van der Waals surface area contributed by atoms with Gasteiger partial charge in [-0.05, 0) is 50.1 Å². The summed E-state index contributed by atoms with van der Waals surface area (Å²) in [5, 5.41) is 8.54. The van der Waals surface area contributed by atoms with Crippen LogP contribution in [0, 0.1) is 6.92 Å². The molecule has 7 heteroatoms. The summed E-state index contributed by atoms with van der Waals surface area (Å²) in [5.74, 6) is 1.75. The van der Waals surface area contributed by atoms with Gasteiger partial charge < -0.3 is 9.88 Å². The Hall–Kier alpha value is -3.22. The van der Waals surface area contributed by atoms with Gasteiger partial charge >= 0.3 is 0 Å². The maximum Gasteiger partial charge on any atom is 0.257 e. The number of imidazole rings is 1. The third kappa shape index (κ3) is 3.72. The second kappa shape index (κ2) is 8.03. The molecule has 0 spiro atoms. The summed E-state index contributed by atoms with van der Waals surface area (Å²) in [5.41, 5.74) is 4.40. The zero-order chi connectivity index (χ0) is 20.4. The number of likely N-dealkylation sites (N-methyl/N-ethyl adjacent to an activating group) is 1. The Morgan fingerprint density at radius 3 is 2.83 bits per heavy atom. The van der Waals surface area contributed by atoms with E-state index in [9.17, 15) is 4.79 Å². The second-order valence-electron chi connectivity index (χ2n) is 7.32. The summed E-state index contributed by atoms with van der Waals surface area (Å²) in [4.78, 5) is 23.1. The molecule has 1 N–H and O–H groups in total. The van der Waals surface area contributed by atoms with Crippen molar-refractivity contribution < 1.29 is 4.79 Å². The third-order valence-corrected chi connectivity index (χ3v) is 5.18. The molecule has 0 aliphatic heterocycles. The molecule has 29 heavy (non-hydrogen) atoms. The number of H-pyrrole nitrogens is 1. The highest BCUT2D eigenvalue weighted by atomic mass is 16.2. The summed E-state index contributed by atoms with van der Waals surface area (Å²) in [7, 11) is 0. The van der Waals surface area contributed by atoms with Crippen LogP contribution in [0.25, 0.3) is 16.7 Å². The highest BCUT2D eigenvalue weighted by molar-refractivity contribution is 5.99. The number of nitrogens with one attached hydrogen (secondary N) is 1. The molecule has 4 aromatic rings. The number of aromatic amines is 1. The van der Waals surface area contributed by atoms with Crippen LogP contribution in [0.2, 0.25) is 0 Å². The van der Waals surface area contributed by atoms with Gasteiger partial charge in [-0.15, -0.1) is 10.2 Å². The molecule has 0 saturated heterocycles. The van der Waals surface area contributed by atoms with E-state index in [-0.39, 0.29) is 5.91 Å². The molecular formula is C22H26N6O. The van der Waals surface area contributed by atoms with Crippen molar-refractivity contribution in [3.05, 3.63) is 59.3 Å². The minimum Gasteiger partial charge on any atom is -0.342 e. The lowest BCUT2D eigenvalue weighted by Crippen LogP contribution is -2.33. The molecule has 0 bridgehead atoms. The van der Waals surface area contributed by atoms with E-state index in [1.54, 1.807) is 0 Å². The second-order valence-corrected chi connectivity index (χ2v) is 7.32. The number of pyridine rings is 1. The van der Waals surface area contributed by atoms with E-state index in [1.165, 1.54) is 5.56 Å². The number of amides is 1. The van der Waals surface area contributed by atoms with Gasteiger partial charge in [-0.2, -0.15) is 0 Å². The van der Waals surface area contributed by atoms with E-state index in [2.05, 4.69) is 46.1 Å². The molecule has 0 radical (unpaired) electrons. The topological polar surface area (TPSA) is 79.2 Å². The van der Waals surface area contributed by atoms with Gasteiger partial charge in [0.15, 0.2) is 5.65 Å². The van der Waals surface area contributed by atoms with Crippen LogP contribution < -0.4 is 0 Å². The van der Waals surface area contributed by atoms with Crippen LogP contribution in [0.1, 0.15) is 47.8 Å². The molecule has 7 nitrogen and oxygen atoms in total. The first kappa shape index (κ1) is 19.1. The van der Waals surface area contributed by atoms with Gasteiger partial charge in [-0.3, -0.25) is 9.20 Å². The fraction of sp³-hybridized carbons (Fsp3) is 0.364. The Kier molecular flexibility index (Phi) is 5.29. The van der Waals surface area contributed by atoms with E-state index in [0.717, 1.165) is 35.5 Å². The van der Waals surface area contributed by atoms with Crippen LogP contribution in [-0.4, -0.2) is 48.5 Å². The predicted octanol–water partition coefficient (Wildman–Crippen LogP) is 3.57. The zero-order valence-corrected chi connectivity index (χ0v) is 17.1. The van der Waals surface area contributed by atoms with E-state index in [1.807, 2.05) is 40.6 Å². The summed E-state index contributed by atoms with van der Waals surface area (Å²) in [6, 6.07) is 9.88. The third-order valence-electron chi connectivity index (χ3n) is 5.18. The van der Waals surface area contributed by atoms with Crippen molar-refractivity contribution in [1.29, 1.82) is 0 Å². The summed E-state index contributed by atoms with van der Waals surface area (Å²) in [6.45, 7) is 7.37. The van der Waals surface area contributed by atoms with E-state index >= 15 is 0 Å². The molecule has 0 saturated carbocycles. The molecule has 1 amide bonds. The van der Waals surface area contributed by atoms with Crippen molar-refractivity contribution in [3.63, 3.8) is 0 Å². The Bertz CT molecular complexity index is 1160. The van der Waals surface area contributed by atoms with Crippen molar-refractivity contribution in [3.8, 4) is 0 Å². The monoisotopic (exact) mass is 390 g/mol. The molecule has 0 aliphatic rings. The molecule has 1 aromatic carbocycles. The number of aryl methyl sites for hydroxylation is 2. The van der Waals surface area contributed by atoms with Crippen LogP contribution >= 0.6 is 0 Å². The van der Waals surface area contributed by atoms with Crippen molar-refractivity contribution in [1.82, 2.24) is 29.5 Å². The molecule has 0 unspecified atom stereocenters. The average Bonchev–Trinajstić information content (AvgIpc) is 3.32. The maximum absolute atomic E-state index is 13.2. The van der Waals surface area contributed by atoms with Crippen LogP contribution in [-0.2, 0) is 12.8 Å². The number of carbonyl (C=O) groups is 1. The molecule has 4 rings (SSSR count). The molecule has 3 heterocycles. The van der Waals surface area contributed by atoms with Gasteiger partial charge in [-0.25, -0.2) is 4.98 Å². The fourth-order valence-corrected chi connectivity index (χ4v) is 3.63. The number of rotatable bonds is 7. The van der Waals surface area contributed by atoms with Crippen LogP contribution in [0.5, 0.6) is 0 Å². The number of nitrogens with zero attached hydrogens (tertiary/aromatic N) is 5. The Morgan fingerprint density at radius 1 is 1.17 bits per heavy atom. The number of fused-ring (bicyclic) bond motifs is 2. The molecule has 0 aliphatic carbocycles. The summed E-state index contributed by atoms with van der Waals surface area (Å²) < 4.78 is 1.92. The van der Waals surface area contributed by atoms with Crippen molar-refractivity contribution in [2.24, 2.45) is 0 Å². The summed E-state index contributed by atoms with van der Waals surface area (Å²) >= 11 is 0. The van der Waals surface area contributed by atoms with Crippen LogP contribution in [0.4, 0.5) is 0 Å². The zero-order valence-electron chi connectivity index (χ0n) is 17.1. The first-order valence-electron chi connectivity index (χ1n) is 10.2. The molecule has 3 aromatic heterocycles. The first-order chi connectivity index (χ1) is 14.1. The number of hydrogen-bond donors (Lipinski definition) is 1. The minimum atomic E-state index is -0.0273. The molecule has 150 valence electrons. The number of benzene rings is 1. The molecular weight excluding hydrogens is 364 g/mol. The predicted molar refractivity (Wildman–Crippen MR) is 113 cm³/mol. The van der Waals surface area contributed by atoms with E-state index in [0.29, 0.717) is 30.7 Å². The maximum atomic E-state index is 13.2. The summed E-state index contributed by atoms with van der Waals surface area (Å²) in [6.07, 6.45) is 4.41. The quantitative estimate of drug-likeness (QED) is 0.523. The van der Waals surface area contributed by atoms with Gasteiger partial charge in [0.1, 0.15) is 11.6 Å². The first-order valence-corrected chi connectivity index (χ1v) is 10.2. The van der Waals surface area contributed by atoms with Gasteiger partial charge in [0.25, 0.3) is 5.91 Å². The smallest absolute Gasteiger partial charge is 0.257 e. The standard InChI is InChI=1S/C22H26N6O/c1-4-7-20-25-26-21-16(8-6-12-28(20)21)22(29)27(5-2)13-11-19-23-17-10-9-15(3)14-18(17)24-19/h6,8-10,12,14H,4-5,7,11,13H2,1-3H3,(H,23,24). The minimum absolute atomic E-state index is 0.0273. The lowest BCUT2D eigenvalue weighted by atomic mass is 10.2. The van der Waals surface area contributed by atoms with Crippen molar-refractivity contribution >= 4 is 22.6 Å². The number of carbonyl (C=O) groups excluding carboxylic acids is 1. The highest BCUT2D eigenvalue weighted by Gasteiger charge is 2.20. The fourth-order valence-electron chi connectivity index (χ4n) is 3.63. The van der Waals surface area contributed by atoms with Crippen LogP contribution in [0.15, 0.2) is 36.5 Å². The van der Waals surface area contributed by atoms with E-state index in [4.69, 9.17) is 0 Å². The molecule has 0 fully saturated rings. The average molecular weight is 390 g/mol. The Balaban J connectivity index is 1.54. The van der Waals surface area contributed by atoms with Gasteiger partial charge in [0.05, 0.1) is 16.6 Å². The van der Waals surface area contributed by atoms with Crippen molar-refractivity contribution in [2.75, 3.05) is 13.1 Å². The van der Waals surface area contributed by atoms with Crippen molar-refractivity contribution in [2.45, 2.75) is 40.0 Å². The normalized spacial score (nSPS) is 11.4. The Labute approximate surface area is 169 Å². The van der Waals surface area contributed by atoms with Crippen LogP contribution in [0.3, 0.4) is 0 Å². The Morgan fingerprint density at radius 2 is 2.03 bits per heavy atom. The SMILES string of the molecule is CCCc1nnc2c(C(=O)N(CC)CCc3nc4ccc(C)cc4[nH]3)cccn12.